The van der Waals surface area contributed by atoms with Crippen molar-refractivity contribution in [3.8, 4) is 6.01 Å². The first-order valence-corrected chi connectivity index (χ1v) is 5.05. The number of nitrogens with one attached hydrogen (secondary N) is 1. The van der Waals surface area contributed by atoms with Crippen LogP contribution in [0.15, 0.2) is 6.07 Å². The molecule has 0 bridgehead atoms. The van der Waals surface area contributed by atoms with Crippen LogP contribution in [0.25, 0.3) is 0 Å². The molecule has 0 spiro atoms. The van der Waals surface area contributed by atoms with E-state index in [0.29, 0.717) is 25.2 Å². The number of nitrogens with zero attached hydrogens (tertiary/aromatic N) is 2. The molecule has 0 fully saturated rings. The minimum absolute atomic E-state index is 0.106. The third kappa shape index (κ3) is 3.82. The van der Waals surface area contributed by atoms with Crippen LogP contribution in [0.4, 0.5) is 5.82 Å². The van der Waals surface area contributed by atoms with Crippen molar-refractivity contribution in [3.05, 3.63) is 11.8 Å². The molecule has 0 saturated heterocycles. The molecule has 6 heteroatoms. The van der Waals surface area contributed by atoms with Crippen LogP contribution in [0.3, 0.4) is 0 Å². The lowest BCUT2D eigenvalue weighted by atomic mass is 10.3. The number of amides is 1. The van der Waals surface area contributed by atoms with Crippen molar-refractivity contribution in [2.45, 2.75) is 19.8 Å². The van der Waals surface area contributed by atoms with E-state index in [9.17, 15) is 4.79 Å². The maximum absolute atomic E-state index is 11.4. The molecule has 0 unspecified atom stereocenters. The number of hydrogen-bond acceptors (Lipinski definition) is 5. The molecule has 0 saturated carbocycles. The van der Waals surface area contributed by atoms with Crippen LogP contribution in [-0.4, -0.2) is 29.5 Å². The highest BCUT2D eigenvalue weighted by molar-refractivity contribution is 5.89. The molecule has 0 radical (unpaired) electrons. The van der Waals surface area contributed by atoms with Crippen LogP contribution in [0.1, 0.15) is 18.5 Å². The third-order valence-electron chi connectivity index (χ3n) is 1.89. The van der Waals surface area contributed by atoms with Gasteiger partial charge in [0.2, 0.25) is 5.91 Å². The molecule has 0 atom stereocenters. The number of carbonyl (C=O) groups is 1. The van der Waals surface area contributed by atoms with E-state index >= 15 is 0 Å². The Labute approximate surface area is 94.2 Å². The summed E-state index contributed by atoms with van der Waals surface area (Å²) in [7, 11) is 1.48. The lowest BCUT2D eigenvalue weighted by Crippen LogP contribution is -2.14. The number of anilines is 1. The van der Waals surface area contributed by atoms with E-state index < -0.39 is 0 Å². The number of nitrogens with two attached hydrogens (primary N) is 1. The minimum atomic E-state index is -0.106. The van der Waals surface area contributed by atoms with E-state index in [0.717, 1.165) is 5.69 Å². The van der Waals surface area contributed by atoms with Crippen LogP contribution in [0, 0.1) is 6.92 Å². The smallest absolute Gasteiger partial charge is 0.318 e. The summed E-state index contributed by atoms with van der Waals surface area (Å²) in [5.74, 6) is 0.344. The number of methoxy groups -OCH3 is 1. The van der Waals surface area contributed by atoms with Gasteiger partial charge >= 0.3 is 6.01 Å². The molecule has 1 aromatic rings. The largest absolute Gasteiger partial charge is 0.467 e. The first-order chi connectivity index (χ1) is 7.65. The summed E-state index contributed by atoms with van der Waals surface area (Å²) < 4.78 is 4.90. The monoisotopic (exact) mass is 224 g/mol. The highest BCUT2D eigenvalue weighted by Gasteiger charge is 2.05. The molecule has 0 aliphatic heterocycles. The number of carbonyl (C=O) groups excluding carboxylic acids is 1. The Bertz CT molecular complexity index is 368. The number of hydrogen-bond donors (Lipinski definition) is 2. The summed E-state index contributed by atoms with van der Waals surface area (Å²) in [4.78, 5) is 19.4. The van der Waals surface area contributed by atoms with E-state index in [1.807, 2.05) is 0 Å². The molecule has 1 rings (SSSR count). The Hall–Kier alpha value is -1.69. The van der Waals surface area contributed by atoms with Gasteiger partial charge in [0.25, 0.3) is 0 Å². The summed E-state index contributed by atoms with van der Waals surface area (Å²) >= 11 is 0. The zero-order valence-corrected chi connectivity index (χ0v) is 9.49. The van der Waals surface area contributed by atoms with Crippen LogP contribution >= 0.6 is 0 Å². The Morgan fingerprint density at radius 2 is 2.31 bits per heavy atom. The second-order valence-electron chi connectivity index (χ2n) is 3.32. The molecule has 1 aromatic heterocycles. The van der Waals surface area contributed by atoms with E-state index in [4.69, 9.17) is 10.5 Å². The first-order valence-electron chi connectivity index (χ1n) is 5.05. The van der Waals surface area contributed by atoms with Gasteiger partial charge in [-0.15, -0.1) is 0 Å². The van der Waals surface area contributed by atoms with E-state index in [2.05, 4.69) is 15.3 Å². The molecule has 16 heavy (non-hydrogen) atoms. The molecule has 1 amide bonds. The van der Waals surface area contributed by atoms with E-state index in [1.54, 1.807) is 13.0 Å². The lowest BCUT2D eigenvalue weighted by molar-refractivity contribution is -0.116. The highest BCUT2D eigenvalue weighted by atomic mass is 16.5. The molecule has 0 aromatic carbocycles. The maximum atomic E-state index is 11.4. The summed E-state index contributed by atoms with van der Waals surface area (Å²) in [6.07, 6.45) is 1.05. The average Bonchev–Trinajstić information content (AvgIpc) is 2.25. The quantitative estimate of drug-likeness (QED) is 0.758. The van der Waals surface area contributed by atoms with Gasteiger partial charge in [0.15, 0.2) is 0 Å². The Morgan fingerprint density at radius 1 is 1.56 bits per heavy atom. The Kier molecular flexibility index (Phi) is 4.65. The number of ether oxygens (including phenoxy) is 1. The van der Waals surface area contributed by atoms with Crippen molar-refractivity contribution >= 4 is 11.7 Å². The predicted octanol–water partition coefficient (Wildman–Crippen LogP) is 0.471. The molecule has 0 aliphatic carbocycles. The van der Waals surface area contributed by atoms with Gasteiger partial charge in [0.05, 0.1) is 7.11 Å². The molecule has 88 valence electrons. The second-order valence-corrected chi connectivity index (χ2v) is 3.32. The van der Waals surface area contributed by atoms with Crippen molar-refractivity contribution in [2.75, 3.05) is 19.0 Å². The molecular formula is C10H16N4O2. The van der Waals surface area contributed by atoms with Crippen LogP contribution in [0.5, 0.6) is 6.01 Å². The van der Waals surface area contributed by atoms with E-state index in [-0.39, 0.29) is 11.9 Å². The second kappa shape index (κ2) is 6.02. The van der Waals surface area contributed by atoms with Crippen molar-refractivity contribution in [1.82, 2.24) is 9.97 Å². The average molecular weight is 224 g/mol. The summed E-state index contributed by atoms with van der Waals surface area (Å²) in [5, 5.41) is 2.67. The topological polar surface area (TPSA) is 90.1 Å². The lowest BCUT2D eigenvalue weighted by Gasteiger charge is -2.06. The summed E-state index contributed by atoms with van der Waals surface area (Å²) in [6, 6.07) is 1.93. The molecule has 1 heterocycles. The molecule has 0 aliphatic rings. The standard InChI is InChI=1S/C10H16N4O2/c1-7-6-8(14-10(12-7)16-2)13-9(15)4-3-5-11/h6H,3-5,11H2,1-2H3,(H,12,13,14,15). The minimum Gasteiger partial charge on any atom is -0.467 e. The van der Waals surface area contributed by atoms with Gasteiger partial charge in [0.1, 0.15) is 5.82 Å². The number of aromatic nitrogens is 2. The first kappa shape index (κ1) is 12.4. The summed E-state index contributed by atoms with van der Waals surface area (Å²) in [6.45, 7) is 2.30. The fraction of sp³-hybridized carbons (Fsp3) is 0.500. The SMILES string of the molecule is COc1nc(C)cc(NC(=O)CCCN)n1. The molecular weight excluding hydrogens is 208 g/mol. The van der Waals surface area contributed by atoms with Gasteiger partial charge < -0.3 is 15.8 Å². The van der Waals surface area contributed by atoms with Gasteiger partial charge in [0, 0.05) is 18.2 Å². The van der Waals surface area contributed by atoms with Crippen LogP contribution < -0.4 is 15.8 Å². The number of aryl methyl sites for hydroxylation is 1. The summed E-state index contributed by atoms with van der Waals surface area (Å²) in [5.41, 5.74) is 6.05. The van der Waals surface area contributed by atoms with Gasteiger partial charge in [-0.25, -0.2) is 4.98 Å². The normalized spacial score (nSPS) is 9.94. The zero-order valence-electron chi connectivity index (χ0n) is 9.49. The molecule has 3 N–H and O–H groups in total. The Morgan fingerprint density at radius 3 is 2.94 bits per heavy atom. The maximum Gasteiger partial charge on any atom is 0.318 e. The molecule has 6 nitrogen and oxygen atoms in total. The fourth-order valence-corrected chi connectivity index (χ4v) is 1.16. The van der Waals surface area contributed by atoms with Crippen molar-refractivity contribution in [2.24, 2.45) is 5.73 Å². The highest BCUT2D eigenvalue weighted by Crippen LogP contribution is 2.11. The van der Waals surface area contributed by atoms with Gasteiger partial charge in [-0.2, -0.15) is 4.98 Å². The fourth-order valence-electron chi connectivity index (χ4n) is 1.16. The Balaban J connectivity index is 2.65. The van der Waals surface area contributed by atoms with Gasteiger partial charge in [-0.05, 0) is 19.9 Å². The van der Waals surface area contributed by atoms with E-state index in [1.165, 1.54) is 7.11 Å². The van der Waals surface area contributed by atoms with Crippen LogP contribution in [0.2, 0.25) is 0 Å². The number of rotatable bonds is 5. The van der Waals surface area contributed by atoms with Gasteiger partial charge in [-0.1, -0.05) is 0 Å². The van der Waals surface area contributed by atoms with Crippen molar-refractivity contribution in [1.29, 1.82) is 0 Å². The zero-order chi connectivity index (χ0) is 12.0. The predicted molar refractivity (Wildman–Crippen MR) is 60.2 cm³/mol. The van der Waals surface area contributed by atoms with Crippen molar-refractivity contribution < 1.29 is 9.53 Å². The van der Waals surface area contributed by atoms with Gasteiger partial charge in [-0.3, -0.25) is 4.79 Å². The third-order valence-corrected chi connectivity index (χ3v) is 1.89. The van der Waals surface area contributed by atoms with Crippen molar-refractivity contribution in [3.63, 3.8) is 0 Å². The van der Waals surface area contributed by atoms with Crippen LogP contribution in [-0.2, 0) is 4.79 Å².